The molecule has 0 fully saturated rings. The molecule has 2 N–H and O–H groups in total. The van der Waals surface area contributed by atoms with Crippen molar-refractivity contribution in [3.63, 3.8) is 0 Å². The van der Waals surface area contributed by atoms with Crippen molar-refractivity contribution in [3.8, 4) is 5.75 Å². The predicted octanol–water partition coefficient (Wildman–Crippen LogP) is 3.19. The Morgan fingerprint density at radius 1 is 1.50 bits per heavy atom. The Balaban J connectivity index is 2.15. The normalized spacial score (nSPS) is 12.4. The van der Waals surface area contributed by atoms with Crippen LogP contribution >= 0.6 is 11.3 Å². The highest BCUT2D eigenvalue weighted by atomic mass is 32.1. The first kappa shape index (κ1) is 13.0. The van der Waals surface area contributed by atoms with Crippen LogP contribution in [0.3, 0.4) is 0 Å². The largest absolute Gasteiger partial charge is 0.487 e. The van der Waals surface area contributed by atoms with Gasteiger partial charge in [-0.05, 0) is 19.9 Å². The smallest absolute Gasteiger partial charge is 0.131 e. The zero-order chi connectivity index (χ0) is 13.1. The zero-order valence-electron chi connectivity index (χ0n) is 10.3. The van der Waals surface area contributed by atoms with E-state index in [1.165, 1.54) is 12.1 Å². The molecule has 2 rings (SSSR count). The van der Waals surface area contributed by atoms with E-state index in [4.69, 9.17) is 10.5 Å². The first-order valence-electron chi connectivity index (χ1n) is 5.65. The van der Waals surface area contributed by atoms with Gasteiger partial charge in [0.1, 0.15) is 18.2 Å². The van der Waals surface area contributed by atoms with Gasteiger partial charge in [0.05, 0.1) is 10.7 Å². The lowest BCUT2D eigenvalue weighted by molar-refractivity contribution is 0.295. The number of nitrogens with zero attached hydrogens (tertiary/aromatic N) is 1. The summed E-state index contributed by atoms with van der Waals surface area (Å²) in [7, 11) is 0. The topological polar surface area (TPSA) is 48.1 Å². The maximum atomic E-state index is 13.2. The molecule has 0 radical (unpaired) electrons. The molecule has 0 aliphatic heterocycles. The molecule has 1 aromatic carbocycles. The van der Waals surface area contributed by atoms with Crippen LogP contribution in [0.2, 0.25) is 0 Å². The molecular formula is C13H15FN2OS. The molecule has 0 unspecified atom stereocenters. The highest BCUT2D eigenvalue weighted by Crippen LogP contribution is 2.25. The van der Waals surface area contributed by atoms with E-state index >= 15 is 0 Å². The summed E-state index contributed by atoms with van der Waals surface area (Å²) in [6.07, 6.45) is 0. The lowest BCUT2D eigenvalue weighted by Gasteiger charge is -2.13. The number of thiazole rings is 1. The summed E-state index contributed by atoms with van der Waals surface area (Å²) in [4.78, 5) is 4.29. The van der Waals surface area contributed by atoms with E-state index in [9.17, 15) is 4.39 Å². The molecule has 0 aliphatic rings. The molecule has 0 saturated heterocycles. The van der Waals surface area contributed by atoms with Gasteiger partial charge in [0.2, 0.25) is 0 Å². The van der Waals surface area contributed by atoms with Crippen molar-refractivity contribution in [1.29, 1.82) is 0 Å². The minimum absolute atomic E-state index is 0.197. The SMILES string of the molecule is Cc1nc(COc2cc(F)ccc2[C@H](C)N)cs1. The van der Waals surface area contributed by atoms with E-state index in [-0.39, 0.29) is 11.9 Å². The van der Waals surface area contributed by atoms with Gasteiger partial charge >= 0.3 is 0 Å². The maximum absolute atomic E-state index is 13.2. The number of rotatable bonds is 4. The third-order valence-corrected chi connectivity index (χ3v) is 3.33. The first-order chi connectivity index (χ1) is 8.56. The Bertz CT molecular complexity index is 540. The average molecular weight is 266 g/mol. The second-order valence-electron chi connectivity index (χ2n) is 4.12. The Kier molecular flexibility index (Phi) is 3.93. The van der Waals surface area contributed by atoms with Crippen LogP contribution in [-0.2, 0) is 6.61 Å². The first-order valence-corrected chi connectivity index (χ1v) is 6.53. The van der Waals surface area contributed by atoms with E-state index in [1.807, 2.05) is 19.2 Å². The summed E-state index contributed by atoms with van der Waals surface area (Å²) in [5, 5.41) is 2.92. The molecule has 5 heteroatoms. The minimum Gasteiger partial charge on any atom is -0.487 e. The summed E-state index contributed by atoms with van der Waals surface area (Å²) in [6.45, 7) is 4.10. The molecular weight excluding hydrogens is 251 g/mol. The van der Waals surface area contributed by atoms with Gasteiger partial charge in [0, 0.05) is 23.1 Å². The molecule has 96 valence electrons. The van der Waals surface area contributed by atoms with Gasteiger partial charge in [-0.1, -0.05) is 6.07 Å². The highest BCUT2D eigenvalue weighted by molar-refractivity contribution is 7.09. The molecule has 0 spiro atoms. The lowest BCUT2D eigenvalue weighted by Crippen LogP contribution is -2.08. The number of nitrogens with two attached hydrogens (primary N) is 1. The number of aromatic nitrogens is 1. The monoisotopic (exact) mass is 266 g/mol. The van der Waals surface area contributed by atoms with E-state index in [2.05, 4.69) is 4.98 Å². The second kappa shape index (κ2) is 5.46. The van der Waals surface area contributed by atoms with Crippen molar-refractivity contribution < 1.29 is 9.13 Å². The Morgan fingerprint density at radius 3 is 2.89 bits per heavy atom. The molecule has 0 saturated carbocycles. The van der Waals surface area contributed by atoms with Gasteiger partial charge in [-0.3, -0.25) is 0 Å². The zero-order valence-corrected chi connectivity index (χ0v) is 11.1. The van der Waals surface area contributed by atoms with Crippen molar-refractivity contribution in [2.24, 2.45) is 5.73 Å². The number of benzene rings is 1. The van der Waals surface area contributed by atoms with Crippen molar-refractivity contribution in [2.45, 2.75) is 26.5 Å². The second-order valence-corrected chi connectivity index (χ2v) is 5.18. The molecule has 0 bridgehead atoms. The molecule has 0 amide bonds. The third-order valence-electron chi connectivity index (χ3n) is 2.51. The lowest BCUT2D eigenvalue weighted by atomic mass is 10.1. The molecule has 1 atom stereocenters. The maximum Gasteiger partial charge on any atom is 0.131 e. The van der Waals surface area contributed by atoms with Crippen molar-refractivity contribution in [3.05, 3.63) is 45.7 Å². The number of aryl methyl sites for hydroxylation is 1. The predicted molar refractivity (Wildman–Crippen MR) is 70.2 cm³/mol. The van der Waals surface area contributed by atoms with E-state index in [0.29, 0.717) is 12.4 Å². The van der Waals surface area contributed by atoms with Crippen LogP contribution in [0.1, 0.15) is 29.2 Å². The van der Waals surface area contributed by atoms with Crippen LogP contribution in [0.5, 0.6) is 5.75 Å². The molecule has 1 heterocycles. The quantitative estimate of drug-likeness (QED) is 0.924. The van der Waals surface area contributed by atoms with Crippen LogP contribution in [0.25, 0.3) is 0 Å². The minimum atomic E-state index is -0.330. The van der Waals surface area contributed by atoms with Crippen LogP contribution in [0.15, 0.2) is 23.6 Å². The fraction of sp³-hybridized carbons (Fsp3) is 0.308. The molecule has 1 aromatic heterocycles. The number of hydrogen-bond acceptors (Lipinski definition) is 4. The van der Waals surface area contributed by atoms with Crippen LogP contribution in [0, 0.1) is 12.7 Å². The fourth-order valence-corrected chi connectivity index (χ4v) is 2.23. The Morgan fingerprint density at radius 2 is 2.28 bits per heavy atom. The number of hydrogen-bond donors (Lipinski definition) is 1. The van der Waals surface area contributed by atoms with Gasteiger partial charge in [0.15, 0.2) is 0 Å². The van der Waals surface area contributed by atoms with E-state index in [1.54, 1.807) is 17.4 Å². The third kappa shape index (κ3) is 3.05. The highest BCUT2D eigenvalue weighted by Gasteiger charge is 2.10. The molecule has 3 nitrogen and oxygen atoms in total. The van der Waals surface area contributed by atoms with Gasteiger partial charge in [-0.15, -0.1) is 11.3 Å². The number of ether oxygens (including phenoxy) is 1. The summed E-state index contributed by atoms with van der Waals surface area (Å²) in [5.74, 6) is 0.152. The molecule has 18 heavy (non-hydrogen) atoms. The van der Waals surface area contributed by atoms with Crippen LogP contribution < -0.4 is 10.5 Å². The van der Waals surface area contributed by atoms with Gasteiger partial charge in [-0.2, -0.15) is 0 Å². The van der Waals surface area contributed by atoms with E-state index in [0.717, 1.165) is 16.3 Å². The van der Waals surface area contributed by atoms with Crippen LogP contribution in [-0.4, -0.2) is 4.98 Å². The summed E-state index contributed by atoms with van der Waals surface area (Å²) >= 11 is 1.56. The Hall–Kier alpha value is -1.46. The van der Waals surface area contributed by atoms with Gasteiger partial charge in [0.25, 0.3) is 0 Å². The fourth-order valence-electron chi connectivity index (χ4n) is 1.64. The average Bonchev–Trinajstić information content (AvgIpc) is 2.72. The van der Waals surface area contributed by atoms with Crippen molar-refractivity contribution >= 4 is 11.3 Å². The summed E-state index contributed by atoms with van der Waals surface area (Å²) in [6, 6.07) is 4.20. The van der Waals surface area contributed by atoms with Gasteiger partial charge < -0.3 is 10.5 Å². The van der Waals surface area contributed by atoms with Crippen LogP contribution in [0.4, 0.5) is 4.39 Å². The van der Waals surface area contributed by atoms with Crippen molar-refractivity contribution in [1.82, 2.24) is 4.98 Å². The van der Waals surface area contributed by atoms with Crippen molar-refractivity contribution in [2.75, 3.05) is 0 Å². The standard InChI is InChI=1S/C13H15FN2OS/c1-8(15)12-4-3-10(14)5-13(12)17-6-11-7-18-9(2)16-11/h3-5,7-8H,6,15H2,1-2H3/t8-/m0/s1. The molecule has 2 aromatic rings. The molecule has 0 aliphatic carbocycles. The summed E-state index contributed by atoms with van der Waals surface area (Å²) < 4.78 is 18.8. The Labute approximate surface area is 109 Å². The van der Waals surface area contributed by atoms with Gasteiger partial charge in [-0.25, -0.2) is 9.37 Å². The van der Waals surface area contributed by atoms with E-state index < -0.39 is 0 Å². The number of halogens is 1. The summed E-state index contributed by atoms with van der Waals surface area (Å²) in [5.41, 5.74) is 7.46.